The Labute approximate surface area is 100 Å². The van der Waals surface area contributed by atoms with Crippen molar-refractivity contribution in [1.82, 2.24) is 15.1 Å². The van der Waals surface area contributed by atoms with Gasteiger partial charge < -0.3 is 15.1 Å². The summed E-state index contributed by atoms with van der Waals surface area (Å²) in [5, 5.41) is 3.53. The molecule has 0 spiro atoms. The van der Waals surface area contributed by atoms with Gasteiger partial charge in [0.25, 0.3) is 0 Å². The molecule has 0 aromatic rings. The zero-order chi connectivity index (χ0) is 11.5. The molecule has 1 N–H and O–H groups in total. The minimum Gasteiger partial charge on any atom is -0.315 e. The van der Waals surface area contributed by atoms with E-state index in [0.29, 0.717) is 0 Å². The molecule has 0 aromatic heterocycles. The van der Waals surface area contributed by atoms with E-state index in [9.17, 15) is 0 Å². The smallest absolute Gasteiger partial charge is 0.0243 e. The number of hydrogen-bond donors (Lipinski definition) is 1. The van der Waals surface area contributed by atoms with Crippen molar-refractivity contribution in [3.05, 3.63) is 0 Å². The van der Waals surface area contributed by atoms with Crippen LogP contribution in [0.1, 0.15) is 19.8 Å². The Morgan fingerprint density at radius 2 is 2.19 bits per heavy atom. The molecule has 94 valence electrons. The Balaban J connectivity index is 1.80. The van der Waals surface area contributed by atoms with Gasteiger partial charge in [-0.25, -0.2) is 0 Å². The average Bonchev–Trinajstić information content (AvgIpc) is 2.64. The van der Waals surface area contributed by atoms with Gasteiger partial charge in [-0.3, -0.25) is 0 Å². The molecule has 2 fully saturated rings. The lowest BCUT2D eigenvalue weighted by atomic mass is 9.93. The number of likely N-dealkylation sites (N-methyl/N-ethyl adjacent to an activating group) is 1. The first kappa shape index (κ1) is 12.3. The SMILES string of the molecule is CC1CCNCC1N(C)CC1CCN(C)C1. The summed E-state index contributed by atoms with van der Waals surface area (Å²) in [5.41, 5.74) is 0. The number of likely N-dealkylation sites (tertiary alicyclic amines) is 1. The summed E-state index contributed by atoms with van der Waals surface area (Å²) >= 11 is 0. The van der Waals surface area contributed by atoms with E-state index in [4.69, 9.17) is 0 Å². The molecule has 3 unspecified atom stereocenters. The Bertz CT molecular complexity index is 219. The molecule has 3 atom stereocenters. The first-order valence-corrected chi connectivity index (χ1v) is 6.76. The van der Waals surface area contributed by atoms with Gasteiger partial charge in [-0.2, -0.15) is 0 Å². The average molecular weight is 225 g/mol. The first-order chi connectivity index (χ1) is 7.66. The van der Waals surface area contributed by atoms with Gasteiger partial charge in [0, 0.05) is 25.7 Å². The molecule has 2 aliphatic rings. The van der Waals surface area contributed by atoms with E-state index in [2.05, 4.69) is 36.1 Å². The highest BCUT2D eigenvalue weighted by molar-refractivity contribution is 4.84. The second-order valence-electron chi connectivity index (χ2n) is 5.89. The summed E-state index contributed by atoms with van der Waals surface area (Å²) in [5.74, 6) is 1.74. The molecular weight excluding hydrogens is 198 g/mol. The minimum absolute atomic E-state index is 0.750. The van der Waals surface area contributed by atoms with Crippen LogP contribution in [0.25, 0.3) is 0 Å². The summed E-state index contributed by atoms with van der Waals surface area (Å²) < 4.78 is 0. The molecule has 0 aliphatic carbocycles. The molecule has 2 rings (SSSR count). The van der Waals surface area contributed by atoms with Crippen molar-refractivity contribution >= 4 is 0 Å². The molecule has 16 heavy (non-hydrogen) atoms. The lowest BCUT2D eigenvalue weighted by Gasteiger charge is -2.37. The number of rotatable bonds is 3. The normalized spacial score (nSPS) is 37.1. The highest BCUT2D eigenvalue weighted by Gasteiger charge is 2.28. The molecule has 3 heteroatoms. The van der Waals surface area contributed by atoms with Crippen molar-refractivity contribution in [2.75, 3.05) is 46.8 Å². The van der Waals surface area contributed by atoms with Crippen molar-refractivity contribution in [2.45, 2.75) is 25.8 Å². The van der Waals surface area contributed by atoms with Gasteiger partial charge in [-0.1, -0.05) is 6.92 Å². The Morgan fingerprint density at radius 1 is 1.38 bits per heavy atom. The second-order valence-corrected chi connectivity index (χ2v) is 5.89. The maximum Gasteiger partial charge on any atom is 0.0243 e. The highest BCUT2D eigenvalue weighted by Crippen LogP contribution is 2.20. The van der Waals surface area contributed by atoms with Crippen molar-refractivity contribution in [2.24, 2.45) is 11.8 Å². The quantitative estimate of drug-likeness (QED) is 0.769. The van der Waals surface area contributed by atoms with Crippen LogP contribution < -0.4 is 5.32 Å². The molecule has 2 aliphatic heterocycles. The van der Waals surface area contributed by atoms with Gasteiger partial charge in [0.1, 0.15) is 0 Å². The minimum atomic E-state index is 0.750. The topological polar surface area (TPSA) is 18.5 Å². The molecule has 0 radical (unpaired) electrons. The number of nitrogens with zero attached hydrogens (tertiary/aromatic N) is 2. The largest absolute Gasteiger partial charge is 0.315 e. The monoisotopic (exact) mass is 225 g/mol. The van der Waals surface area contributed by atoms with E-state index in [0.717, 1.165) is 17.9 Å². The predicted molar refractivity (Wildman–Crippen MR) is 68.7 cm³/mol. The summed E-state index contributed by atoms with van der Waals surface area (Å²) in [6.45, 7) is 8.65. The maximum atomic E-state index is 3.53. The van der Waals surface area contributed by atoms with Crippen LogP contribution in [0.3, 0.4) is 0 Å². The fraction of sp³-hybridized carbons (Fsp3) is 1.00. The molecule has 2 heterocycles. The van der Waals surface area contributed by atoms with Crippen LogP contribution in [0.2, 0.25) is 0 Å². The number of hydrogen-bond acceptors (Lipinski definition) is 3. The number of nitrogens with one attached hydrogen (secondary N) is 1. The van der Waals surface area contributed by atoms with Gasteiger partial charge in [0.05, 0.1) is 0 Å². The number of piperidine rings is 1. The van der Waals surface area contributed by atoms with E-state index >= 15 is 0 Å². The molecular formula is C13H27N3. The van der Waals surface area contributed by atoms with Crippen molar-refractivity contribution in [3.8, 4) is 0 Å². The predicted octanol–water partition coefficient (Wildman–Crippen LogP) is 0.868. The van der Waals surface area contributed by atoms with E-state index in [-0.39, 0.29) is 0 Å². The van der Waals surface area contributed by atoms with Crippen molar-refractivity contribution in [1.29, 1.82) is 0 Å². The molecule has 3 nitrogen and oxygen atoms in total. The van der Waals surface area contributed by atoms with Crippen LogP contribution in [0.5, 0.6) is 0 Å². The lowest BCUT2D eigenvalue weighted by molar-refractivity contribution is 0.133. The lowest BCUT2D eigenvalue weighted by Crippen LogP contribution is -2.50. The van der Waals surface area contributed by atoms with Gasteiger partial charge in [-0.05, 0) is 51.9 Å². The van der Waals surface area contributed by atoms with Crippen LogP contribution in [0.15, 0.2) is 0 Å². The molecule has 0 saturated carbocycles. The first-order valence-electron chi connectivity index (χ1n) is 6.76. The van der Waals surface area contributed by atoms with Crippen LogP contribution in [-0.2, 0) is 0 Å². The maximum absolute atomic E-state index is 3.53. The van der Waals surface area contributed by atoms with Crippen LogP contribution >= 0.6 is 0 Å². The molecule has 0 bridgehead atoms. The fourth-order valence-corrected chi connectivity index (χ4v) is 3.28. The summed E-state index contributed by atoms with van der Waals surface area (Å²) in [7, 11) is 4.55. The van der Waals surface area contributed by atoms with Gasteiger partial charge in [0.15, 0.2) is 0 Å². The molecule has 0 amide bonds. The van der Waals surface area contributed by atoms with Crippen LogP contribution in [0, 0.1) is 11.8 Å². The summed E-state index contributed by atoms with van der Waals surface area (Å²) in [4.78, 5) is 5.06. The zero-order valence-corrected chi connectivity index (χ0v) is 11.1. The van der Waals surface area contributed by atoms with Gasteiger partial charge in [-0.15, -0.1) is 0 Å². The van der Waals surface area contributed by atoms with E-state index in [1.54, 1.807) is 0 Å². The van der Waals surface area contributed by atoms with Crippen molar-refractivity contribution < 1.29 is 0 Å². The van der Waals surface area contributed by atoms with E-state index in [1.807, 2.05) is 0 Å². The summed E-state index contributed by atoms with van der Waals surface area (Å²) in [6, 6.07) is 0.750. The Morgan fingerprint density at radius 3 is 2.81 bits per heavy atom. The second kappa shape index (κ2) is 5.48. The molecule has 2 saturated heterocycles. The third-order valence-electron chi connectivity index (χ3n) is 4.39. The Hall–Kier alpha value is -0.120. The van der Waals surface area contributed by atoms with Crippen LogP contribution in [0.4, 0.5) is 0 Å². The highest BCUT2D eigenvalue weighted by atomic mass is 15.2. The zero-order valence-electron chi connectivity index (χ0n) is 11.1. The third kappa shape index (κ3) is 2.96. The van der Waals surface area contributed by atoms with Crippen molar-refractivity contribution in [3.63, 3.8) is 0 Å². The summed E-state index contributed by atoms with van der Waals surface area (Å²) in [6.07, 6.45) is 2.72. The van der Waals surface area contributed by atoms with Gasteiger partial charge >= 0.3 is 0 Å². The Kier molecular flexibility index (Phi) is 4.22. The van der Waals surface area contributed by atoms with E-state index < -0.39 is 0 Å². The van der Waals surface area contributed by atoms with Crippen LogP contribution in [-0.4, -0.2) is 62.7 Å². The standard InChI is InChI=1S/C13H27N3/c1-11-4-6-14-8-13(11)16(3)10-12-5-7-15(2)9-12/h11-14H,4-10H2,1-3H3. The molecule has 0 aromatic carbocycles. The van der Waals surface area contributed by atoms with Gasteiger partial charge in [0.2, 0.25) is 0 Å². The third-order valence-corrected chi connectivity index (χ3v) is 4.39. The fourth-order valence-electron chi connectivity index (χ4n) is 3.28. The van der Waals surface area contributed by atoms with E-state index in [1.165, 1.54) is 45.6 Å².